The molecule has 0 unspecified atom stereocenters. The fourth-order valence-electron chi connectivity index (χ4n) is 1.65. The zero-order chi connectivity index (χ0) is 13.7. The fourth-order valence-corrected chi connectivity index (χ4v) is 1.65. The molecule has 3 N–H and O–H groups in total. The number of nitrogens with one attached hydrogen (secondary N) is 1. The van der Waals surface area contributed by atoms with Gasteiger partial charge in [0.2, 0.25) is 0 Å². The zero-order valence-electron chi connectivity index (χ0n) is 10.2. The lowest BCUT2D eigenvalue weighted by Gasteiger charge is -2.07. The number of pyridine rings is 1. The summed E-state index contributed by atoms with van der Waals surface area (Å²) in [6, 6.07) is 12.5. The molecular weight excluding hydrogens is 242 g/mol. The molecule has 1 aromatic carbocycles. The molecular formula is C14H13N3O2. The van der Waals surface area contributed by atoms with Crippen molar-refractivity contribution in [3.63, 3.8) is 0 Å². The van der Waals surface area contributed by atoms with E-state index in [2.05, 4.69) is 10.3 Å². The van der Waals surface area contributed by atoms with Gasteiger partial charge in [0.25, 0.3) is 11.8 Å². The molecule has 2 amide bonds. The zero-order valence-corrected chi connectivity index (χ0v) is 10.2. The molecule has 0 aliphatic rings. The predicted molar refractivity (Wildman–Crippen MR) is 70.4 cm³/mol. The van der Waals surface area contributed by atoms with Gasteiger partial charge in [-0.25, -0.2) is 0 Å². The van der Waals surface area contributed by atoms with Crippen LogP contribution in [0.5, 0.6) is 0 Å². The van der Waals surface area contributed by atoms with Crippen LogP contribution in [0.25, 0.3) is 0 Å². The first-order valence-corrected chi connectivity index (χ1v) is 5.75. The molecule has 0 saturated carbocycles. The molecule has 5 heteroatoms. The Hall–Kier alpha value is -2.69. The van der Waals surface area contributed by atoms with Crippen LogP contribution in [0.2, 0.25) is 0 Å². The van der Waals surface area contributed by atoms with E-state index < -0.39 is 11.8 Å². The molecule has 0 aliphatic heterocycles. The summed E-state index contributed by atoms with van der Waals surface area (Å²) in [5.74, 6) is -1.09. The summed E-state index contributed by atoms with van der Waals surface area (Å²) < 4.78 is 0. The Morgan fingerprint density at radius 3 is 2.53 bits per heavy atom. The SMILES string of the molecule is NC(=O)c1cccnc1C(=O)NCc1ccccc1. The number of primary amides is 1. The van der Waals surface area contributed by atoms with Crippen molar-refractivity contribution < 1.29 is 9.59 Å². The quantitative estimate of drug-likeness (QED) is 0.858. The van der Waals surface area contributed by atoms with E-state index in [1.165, 1.54) is 12.3 Å². The van der Waals surface area contributed by atoms with Gasteiger partial charge in [0, 0.05) is 12.7 Å². The average molecular weight is 255 g/mol. The summed E-state index contributed by atoms with van der Waals surface area (Å²) in [6.07, 6.45) is 1.45. The van der Waals surface area contributed by atoms with Crippen molar-refractivity contribution in [3.05, 3.63) is 65.5 Å². The van der Waals surface area contributed by atoms with Crippen molar-refractivity contribution in [1.82, 2.24) is 10.3 Å². The maximum Gasteiger partial charge on any atom is 0.270 e. The Morgan fingerprint density at radius 2 is 1.84 bits per heavy atom. The lowest BCUT2D eigenvalue weighted by molar-refractivity contribution is 0.0929. The lowest BCUT2D eigenvalue weighted by atomic mass is 10.1. The van der Waals surface area contributed by atoms with Gasteiger partial charge in [-0.15, -0.1) is 0 Å². The van der Waals surface area contributed by atoms with Crippen LogP contribution in [-0.4, -0.2) is 16.8 Å². The van der Waals surface area contributed by atoms with Crippen molar-refractivity contribution in [2.75, 3.05) is 0 Å². The van der Waals surface area contributed by atoms with Gasteiger partial charge in [0.1, 0.15) is 5.69 Å². The lowest BCUT2D eigenvalue weighted by Crippen LogP contribution is -2.27. The summed E-state index contributed by atoms with van der Waals surface area (Å²) in [5, 5.41) is 2.70. The van der Waals surface area contributed by atoms with Crippen LogP contribution < -0.4 is 11.1 Å². The number of nitrogens with zero attached hydrogens (tertiary/aromatic N) is 1. The van der Waals surface area contributed by atoms with E-state index >= 15 is 0 Å². The number of carbonyl (C=O) groups is 2. The van der Waals surface area contributed by atoms with E-state index in [-0.39, 0.29) is 11.3 Å². The largest absolute Gasteiger partial charge is 0.366 e. The Bertz CT molecular complexity index is 597. The Kier molecular flexibility index (Phi) is 3.87. The van der Waals surface area contributed by atoms with Crippen LogP contribution in [0.4, 0.5) is 0 Å². The molecule has 2 rings (SSSR count). The minimum Gasteiger partial charge on any atom is -0.366 e. The average Bonchev–Trinajstić information content (AvgIpc) is 2.46. The number of nitrogens with two attached hydrogens (primary N) is 1. The van der Waals surface area contributed by atoms with Gasteiger partial charge in [0.05, 0.1) is 5.56 Å². The first-order valence-electron chi connectivity index (χ1n) is 5.75. The van der Waals surface area contributed by atoms with Gasteiger partial charge in [-0.2, -0.15) is 0 Å². The van der Waals surface area contributed by atoms with E-state index in [1.54, 1.807) is 6.07 Å². The summed E-state index contributed by atoms with van der Waals surface area (Å²) >= 11 is 0. The fraction of sp³-hybridized carbons (Fsp3) is 0.0714. The van der Waals surface area contributed by atoms with Gasteiger partial charge >= 0.3 is 0 Å². The van der Waals surface area contributed by atoms with Crippen molar-refractivity contribution >= 4 is 11.8 Å². The van der Waals surface area contributed by atoms with E-state index in [0.717, 1.165) is 5.56 Å². The van der Waals surface area contributed by atoms with Crippen molar-refractivity contribution in [2.24, 2.45) is 5.73 Å². The van der Waals surface area contributed by atoms with Gasteiger partial charge in [-0.05, 0) is 17.7 Å². The minimum absolute atomic E-state index is 0.0472. The third kappa shape index (κ3) is 3.16. The van der Waals surface area contributed by atoms with Gasteiger partial charge in [-0.3, -0.25) is 14.6 Å². The predicted octanol–water partition coefficient (Wildman–Crippen LogP) is 1.11. The van der Waals surface area contributed by atoms with Gasteiger partial charge in [-0.1, -0.05) is 30.3 Å². The van der Waals surface area contributed by atoms with Gasteiger partial charge in [0.15, 0.2) is 0 Å². The monoisotopic (exact) mass is 255 g/mol. The highest BCUT2D eigenvalue weighted by molar-refractivity contribution is 6.05. The van der Waals surface area contributed by atoms with E-state index in [1.807, 2.05) is 30.3 Å². The molecule has 0 radical (unpaired) electrons. The normalized spacial score (nSPS) is 9.89. The van der Waals surface area contributed by atoms with E-state index in [4.69, 9.17) is 5.73 Å². The second kappa shape index (κ2) is 5.77. The number of hydrogen-bond donors (Lipinski definition) is 2. The molecule has 1 aromatic heterocycles. The highest BCUT2D eigenvalue weighted by Gasteiger charge is 2.15. The molecule has 2 aromatic rings. The highest BCUT2D eigenvalue weighted by atomic mass is 16.2. The molecule has 1 heterocycles. The molecule has 0 atom stereocenters. The smallest absolute Gasteiger partial charge is 0.270 e. The maximum absolute atomic E-state index is 12.0. The van der Waals surface area contributed by atoms with Crippen molar-refractivity contribution in [2.45, 2.75) is 6.54 Å². The number of aromatic nitrogens is 1. The van der Waals surface area contributed by atoms with Crippen molar-refractivity contribution in [3.8, 4) is 0 Å². The third-order valence-electron chi connectivity index (χ3n) is 2.58. The standard InChI is InChI=1S/C14H13N3O2/c15-13(18)11-7-4-8-16-12(11)14(19)17-9-10-5-2-1-3-6-10/h1-8H,9H2,(H2,15,18)(H,17,19). The van der Waals surface area contributed by atoms with Gasteiger partial charge < -0.3 is 11.1 Å². The molecule has 19 heavy (non-hydrogen) atoms. The van der Waals surface area contributed by atoms with E-state index in [9.17, 15) is 9.59 Å². The summed E-state index contributed by atoms with van der Waals surface area (Å²) in [5.41, 5.74) is 6.33. The van der Waals surface area contributed by atoms with Crippen LogP contribution in [-0.2, 0) is 6.54 Å². The first-order chi connectivity index (χ1) is 9.18. The third-order valence-corrected chi connectivity index (χ3v) is 2.58. The second-order valence-corrected chi connectivity index (χ2v) is 3.93. The van der Waals surface area contributed by atoms with Crippen LogP contribution >= 0.6 is 0 Å². The van der Waals surface area contributed by atoms with Crippen LogP contribution in [0.3, 0.4) is 0 Å². The molecule has 5 nitrogen and oxygen atoms in total. The summed E-state index contributed by atoms with van der Waals surface area (Å²) in [7, 11) is 0. The summed E-state index contributed by atoms with van der Waals surface area (Å²) in [4.78, 5) is 27.1. The van der Waals surface area contributed by atoms with E-state index in [0.29, 0.717) is 6.54 Å². The number of hydrogen-bond acceptors (Lipinski definition) is 3. The first kappa shape index (κ1) is 12.8. The molecule has 0 spiro atoms. The second-order valence-electron chi connectivity index (χ2n) is 3.93. The number of rotatable bonds is 4. The molecule has 0 bridgehead atoms. The Morgan fingerprint density at radius 1 is 1.11 bits per heavy atom. The highest BCUT2D eigenvalue weighted by Crippen LogP contribution is 2.05. The van der Waals surface area contributed by atoms with Crippen LogP contribution in [0.15, 0.2) is 48.7 Å². The number of benzene rings is 1. The summed E-state index contributed by atoms with van der Waals surface area (Å²) in [6.45, 7) is 0.369. The molecule has 0 saturated heterocycles. The molecule has 96 valence electrons. The van der Waals surface area contributed by atoms with Crippen LogP contribution in [0, 0.1) is 0 Å². The Labute approximate surface area is 110 Å². The topological polar surface area (TPSA) is 85.1 Å². The minimum atomic E-state index is -0.669. The maximum atomic E-state index is 12.0. The number of amides is 2. The number of carbonyl (C=O) groups excluding carboxylic acids is 2. The molecule has 0 fully saturated rings. The van der Waals surface area contributed by atoms with Crippen molar-refractivity contribution in [1.29, 1.82) is 0 Å². The van der Waals surface area contributed by atoms with Crippen LogP contribution in [0.1, 0.15) is 26.4 Å². The molecule has 0 aliphatic carbocycles. The Balaban J connectivity index is 2.10.